The van der Waals surface area contributed by atoms with Crippen LogP contribution in [0.4, 0.5) is 0 Å². The van der Waals surface area contributed by atoms with Gasteiger partial charge < -0.3 is 15.0 Å². The molecule has 0 aliphatic rings. The molecular formula is C16H17ClN2O3. The van der Waals surface area contributed by atoms with E-state index in [1.54, 1.807) is 24.3 Å². The van der Waals surface area contributed by atoms with E-state index >= 15 is 0 Å². The number of pyridine rings is 1. The van der Waals surface area contributed by atoms with Crippen LogP contribution in [-0.4, -0.2) is 17.5 Å². The van der Waals surface area contributed by atoms with Gasteiger partial charge in [0, 0.05) is 22.8 Å². The van der Waals surface area contributed by atoms with Crippen molar-refractivity contribution in [1.29, 1.82) is 0 Å². The van der Waals surface area contributed by atoms with E-state index in [-0.39, 0.29) is 24.6 Å². The Morgan fingerprint density at radius 3 is 2.59 bits per heavy atom. The maximum atomic E-state index is 11.8. The number of ether oxygens (including phenoxy) is 1. The highest BCUT2D eigenvalue weighted by molar-refractivity contribution is 6.30. The van der Waals surface area contributed by atoms with Gasteiger partial charge in [0.15, 0.2) is 6.61 Å². The van der Waals surface area contributed by atoms with Crippen molar-refractivity contribution in [2.45, 2.75) is 20.4 Å². The van der Waals surface area contributed by atoms with Crippen molar-refractivity contribution in [2.24, 2.45) is 0 Å². The molecule has 1 amide bonds. The third-order valence-electron chi connectivity index (χ3n) is 3.14. The highest BCUT2D eigenvalue weighted by atomic mass is 35.5. The molecule has 0 aliphatic heterocycles. The monoisotopic (exact) mass is 320 g/mol. The summed E-state index contributed by atoms with van der Waals surface area (Å²) in [5, 5.41) is 3.27. The summed E-state index contributed by atoms with van der Waals surface area (Å²) in [6, 6.07) is 8.61. The van der Waals surface area contributed by atoms with Gasteiger partial charge in [0.25, 0.3) is 11.5 Å². The molecule has 0 saturated heterocycles. The van der Waals surface area contributed by atoms with Gasteiger partial charge in [-0.2, -0.15) is 0 Å². The van der Waals surface area contributed by atoms with Crippen LogP contribution in [0.25, 0.3) is 0 Å². The summed E-state index contributed by atoms with van der Waals surface area (Å²) in [4.78, 5) is 26.3. The molecule has 116 valence electrons. The summed E-state index contributed by atoms with van der Waals surface area (Å²) in [5.41, 5.74) is 2.01. The Balaban J connectivity index is 1.88. The van der Waals surface area contributed by atoms with Crippen molar-refractivity contribution in [3.8, 4) is 5.75 Å². The summed E-state index contributed by atoms with van der Waals surface area (Å²) in [7, 11) is 0. The fraction of sp³-hybridized carbons (Fsp3) is 0.250. The molecule has 5 nitrogen and oxygen atoms in total. The van der Waals surface area contributed by atoms with Crippen LogP contribution in [0.5, 0.6) is 5.75 Å². The summed E-state index contributed by atoms with van der Waals surface area (Å²) < 4.78 is 5.33. The first-order chi connectivity index (χ1) is 10.5. The second-order valence-electron chi connectivity index (χ2n) is 4.96. The lowest BCUT2D eigenvalue weighted by Crippen LogP contribution is -2.31. The molecule has 2 N–H and O–H groups in total. The van der Waals surface area contributed by atoms with E-state index in [2.05, 4.69) is 10.3 Å². The molecular weight excluding hydrogens is 304 g/mol. The van der Waals surface area contributed by atoms with Gasteiger partial charge in [0.1, 0.15) is 5.75 Å². The molecule has 2 aromatic rings. The number of halogens is 1. The average Bonchev–Trinajstić information content (AvgIpc) is 2.45. The van der Waals surface area contributed by atoms with Crippen molar-refractivity contribution in [3.63, 3.8) is 0 Å². The minimum Gasteiger partial charge on any atom is -0.484 e. The van der Waals surface area contributed by atoms with Crippen molar-refractivity contribution < 1.29 is 9.53 Å². The molecule has 1 aromatic heterocycles. The van der Waals surface area contributed by atoms with E-state index in [0.29, 0.717) is 16.3 Å². The zero-order chi connectivity index (χ0) is 16.1. The van der Waals surface area contributed by atoms with Crippen LogP contribution < -0.4 is 15.6 Å². The van der Waals surface area contributed by atoms with E-state index < -0.39 is 0 Å². The van der Waals surface area contributed by atoms with E-state index in [9.17, 15) is 9.59 Å². The number of H-pyrrole nitrogens is 1. The molecule has 1 heterocycles. The maximum absolute atomic E-state index is 11.8. The number of carbonyl (C=O) groups is 1. The van der Waals surface area contributed by atoms with Gasteiger partial charge in [-0.05, 0) is 49.7 Å². The molecule has 22 heavy (non-hydrogen) atoms. The summed E-state index contributed by atoms with van der Waals surface area (Å²) in [6.45, 7) is 3.71. The fourth-order valence-electron chi connectivity index (χ4n) is 2.02. The van der Waals surface area contributed by atoms with E-state index in [4.69, 9.17) is 16.3 Å². The van der Waals surface area contributed by atoms with Crippen molar-refractivity contribution in [3.05, 3.63) is 62.5 Å². The van der Waals surface area contributed by atoms with Crippen molar-refractivity contribution in [1.82, 2.24) is 10.3 Å². The van der Waals surface area contributed by atoms with Crippen molar-refractivity contribution in [2.75, 3.05) is 6.61 Å². The molecule has 0 spiro atoms. The number of aromatic amines is 1. The van der Waals surface area contributed by atoms with Crippen LogP contribution in [-0.2, 0) is 11.3 Å². The van der Waals surface area contributed by atoms with Gasteiger partial charge in [0.2, 0.25) is 0 Å². The van der Waals surface area contributed by atoms with Gasteiger partial charge in [-0.15, -0.1) is 0 Å². The lowest BCUT2D eigenvalue weighted by molar-refractivity contribution is -0.123. The van der Waals surface area contributed by atoms with E-state index in [0.717, 1.165) is 11.3 Å². The highest BCUT2D eigenvalue weighted by Gasteiger charge is 2.08. The molecule has 0 bridgehead atoms. The highest BCUT2D eigenvalue weighted by Crippen LogP contribution is 2.15. The summed E-state index contributed by atoms with van der Waals surface area (Å²) in [6.07, 6.45) is 0. The number of hydrogen-bond acceptors (Lipinski definition) is 3. The topological polar surface area (TPSA) is 71.2 Å². The predicted molar refractivity (Wildman–Crippen MR) is 85.3 cm³/mol. The molecule has 0 saturated carbocycles. The SMILES string of the molecule is Cc1cc(C)c(CNC(=O)COc2ccc(Cl)cc2)c(=O)[nH]1. The first kappa shape index (κ1) is 16.1. The molecule has 1 aromatic carbocycles. The van der Waals surface area contributed by atoms with E-state index in [1.807, 2.05) is 19.9 Å². The van der Waals surface area contributed by atoms with Crippen LogP contribution in [0.1, 0.15) is 16.8 Å². The molecule has 0 aliphatic carbocycles. The standard InChI is InChI=1S/C16H17ClN2O3/c1-10-7-11(2)19-16(21)14(10)8-18-15(20)9-22-13-5-3-12(17)4-6-13/h3-7H,8-9H2,1-2H3,(H,18,20)(H,19,21). The number of nitrogens with one attached hydrogen (secondary N) is 2. The first-order valence-corrected chi connectivity index (χ1v) is 7.18. The second-order valence-corrected chi connectivity index (χ2v) is 5.40. The maximum Gasteiger partial charge on any atom is 0.258 e. The van der Waals surface area contributed by atoms with Gasteiger partial charge >= 0.3 is 0 Å². The largest absolute Gasteiger partial charge is 0.484 e. The van der Waals surface area contributed by atoms with Crippen molar-refractivity contribution >= 4 is 17.5 Å². The number of rotatable bonds is 5. The Bertz CT molecular complexity index is 723. The second kappa shape index (κ2) is 7.13. The van der Waals surface area contributed by atoms with Crippen LogP contribution >= 0.6 is 11.6 Å². The normalized spacial score (nSPS) is 10.3. The van der Waals surface area contributed by atoms with Crippen LogP contribution in [0.3, 0.4) is 0 Å². The number of carbonyl (C=O) groups excluding carboxylic acids is 1. The number of hydrogen-bond donors (Lipinski definition) is 2. The Morgan fingerprint density at radius 2 is 1.95 bits per heavy atom. The summed E-state index contributed by atoms with van der Waals surface area (Å²) >= 11 is 5.77. The molecule has 0 fully saturated rings. The molecule has 2 rings (SSSR count). The molecule has 0 atom stereocenters. The number of benzene rings is 1. The van der Waals surface area contributed by atoms with Gasteiger partial charge in [0.05, 0.1) is 0 Å². The quantitative estimate of drug-likeness (QED) is 0.888. The lowest BCUT2D eigenvalue weighted by atomic mass is 10.1. The third-order valence-corrected chi connectivity index (χ3v) is 3.39. The minimum atomic E-state index is -0.297. The molecule has 0 unspecified atom stereocenters. The Hall–Kier alpha value is -2.27. The smallest absolute Gasteiger partial charge is 0.258 e. The Morgan fingerprint density at radius 1 is 1.27 bits per heavy atom. The van der Waals surface area contributed by atoms with Gasteiger partial charge in [-0.3, -0.25) is 9.59 Å². The predicted octanol–water partition coefficient (Wildman–Crippen LogP) is 2.34. The number of aryl methyl sites for hydroxylation is 2. The third kappa shape index (κ3) is 4.36. The molecule has 0 radical (unpaired) electrons. The van der Waals surface area contributed by atoms with E-state index in [1.165, 1.54) is 0 Å². The lowest BCUT2D eigenvalue weighted by Gasteiger charge is -2.09. The van der Waals surface area contributed by atoms with Gasteiger partial charge in [-0.25, -0.2) is 0 Å². The fourth-order valence-corrected chi connectivity index (χ4v) is 2.14. The van der Waals surface area contributed by atoms with Crippen LogP contribution in [0, 0.1) is 13.8 Å². The minimum absolute atomic E-state index is 0.121. The summed E-state index contributed by atoms with van der Waals surface area (Å²) in [5.74, 6) is 0.262. The zero-order valence-electron chi connectivity index (χ0n) is 12.4. The van der Waals surface area contributed by atoms with Gasteiger partial charge in [-0.1, -0.05) is 11.6 Å². The van der Waals surface area contributed by atoms with Crippen LogP contribution in [0.2, 0.25) is 5.02 Å². The molecule has 6 heteroatoms. The average molecular weight is 321 g/mol. The van der Waals surface area contributed by atoms with Crippen LogP contribution in [0.15, 0.2) is 35.1 Å². The number of amides is 1. The Labute approximate surface area is 133 Å². The Kier molecular flexibility index (Phi) is 5.22. The number of aromatic nitrogens is 1. The zero-order valence-corrected chi connectivity index (χ0v) is 13.2. The first-order valence-electron chi connectivity index (χ1n) is 6.80.